The lowest BCUT2D eigenvalue weighted by molar-refractivity contribution is -0.174. The first kappa shape index (κ1) is 20.3. The molecule has 4 nitrogen and oxygen atoms in total. The predicted molar refractivity (Wildman–Crippen MR) is 111 cm³/mol. The van der Waals surface area contributed by atoms with Gasteiger partial charge in [0.2, 0.25) is 0 Å². The molecule has 0 heterocycles. The molecule has 12 atom stereocenters. The van der Waals surface area contributed by atoms with E-state index in [1.807, 2.05) is 0 Å². The molecule has 0 aromatic carbocycles. The predicted octanol–water partition coefficient (Wildman–Crippen LogP) is 4.33. The molecular weight excluding hydrogens is 364 g/mol. The van der Waals surface area contributed by atoms with Gasteiger partial charge in [-0.2, -0.15) is 0 Å². The van der Waals surface area contributed by atoms with Crippen LogP contribution in [-0.2, 0) is 4.79 Å². The highest BCUT2D eigenvalue weighted by atomic mass is 16.4. The Balaban J connectivity index is 1.39. The largest absolute Gasteiger partial charge is 0.481 e. The van der Waals surface area contributed by atoms with Crippen molar-refractivity contribution in [3.05, 3.63) is 0 Å². The molecule has 5 aliphatic carbocycles. The summed E-state index contributed by atoms with van der Waals surface area (Å²) in [6.07, 6.45) is 9.08. The number of carbonyl (C=O) groups is 1. The van der Waals surface area contributed by atoms with Gasteiger partial charge >= 0.3 is 5.97 Å². The van der Waals surface area contributed by atoms with Crippen LogP contribution in [0.3, 0.4) is 0 Å². The molecule has 3 N–H and O–H groups in total. The van der Waals surface area contributed by atoms with Crippen molar-refractivity contribution in [2.75, 3.05) is 0 Å². The van der Waals surface area contributed by atoms with Crippen LogP contribution in [0.1, 0.15) is 78.6 Å². The third-order valence-electron chi connectivity index (χ3n) is 11.2. The lowest BCUT2D eigenvalue weighted by Crippen LogP contribution is -2.58. The second-order valence-corrected chi connectivity index (χ2v) is 12.2. The summed E-state index contributed by atoms with van der Waals surface area (Å²) in [5.74, 6) is 2.76. The molecule has 0 amide bonds. The first-order valence-electron chi connectivity index (χ1n) is 12.3. The SMILES string of the molecule is C[C@H]([C@@H]1C[C@H]1C(=O)O)[C@H]1CCC2C3C(O)C[C@@H]4C[C@H](O)CC[C@]4(C)C3CC[C@@]21C. The number of carboxylic acid groups (broad SMARTS) is 1. The summed E-state index contributed by atoms with van der Waals surface area (Å²) in [5, 5.41) is 30.9. The summed E-state index contributed by atoms with van der Waals surface area (Å²) < 4.78 is 0. The van der Waals surface area contributed by atoms with Crippen LogP contribution in [0.25, 0.3) is 0 Å². The number of aliphatic hydroxyl groups is 2. The van der Waals surface area contributed by atoms with Gasteiger partial charge < -0.3 is 15.3 Å². The Morgan fingerprint density at radius 1 is 0.931 bits per heavy atom. The van der Waals surface area contributed by atoms with Crippen LogP contribution >= 0.6 is 0 Å². The molecule has 4 heteroatoms. The van der Waals surface area contributed by atoms with Crippen LogP contribution in [0, 0.1) is 58.2 Å². The average Bonchev–Trinajstić information content (AvgIpc) is 3.39. The fourth-order valence-corrected chi connectivity index (χ4v) is 9.48. The van der Waals surface area contributed by atoms with Crippen molar-refractivity contribution in [3.8, 4) is 0 Å². The monoisotopic (exact) mass is 404 g/mol. The average molecular weight is 405 g/mol. The van der Waals surface area contributed by atoms with Gasteiger partial charge in [0, 0.05) is 0 Å². The zero-order valence-electron chi connectivity index (χ0n) is 18.4. The lowest BCUT2D eigenvalue weighted by atomic mass is 9.43. The molecule has 5 rings (SSSR count). The van der Waals surface area contributed by atoms with E-state index in [9.17, 15) is 20.1 Å². The molecule has 0 spiro atoms. The van der Waals surface area contributed by atoms with E-state index >= 15 is 0 Å². The summed E-state index contributed by atoms with van der Waals surface area (Å²) in [5.41, 5.74) is 0.531. The van der Waals surface area contributed by atoms with Gasteiger partial charge in [0.25, 0.3) is 0 Å². The molecule has 29 heavy (non-hydrogen) atoms. The van der Waals surface area contributed by atoms with Crippen molar-refractivity contribution < 1.29 is 20.1 Å². The van der Waals surface area contributed by atoms with Crippen LogP contribution in [-0.4, -0.2) is 33.5 Å². The van der Waals surface area contributed by atoms with E-state index in [0.717, 1.165) is 32.1 Å². The van der Waals surface area contributed by atoms with Crippen molar-refractivity contribution in [2.24, 2.45) is 58.2 Å². The highest BCUT2D eigenvalue weighted by molar-refractivity contribution is 5.73. The van der Waals surface area contributed by atoms with Crippen molar-refractivity contribution >= 4 is 5.97 Å². The van der Waals surface area contributed by atoms with Crippen molar-refractivity contribution in [1.82, 2.24) is 0 Å². The Labute approximate surface area is 175 Å². The first-order valence-corrected chi connectivity index (χ1v) is 12.3. The van der Waals surface area contributed by atoms with E-state index in [1.54, 1.807) is 0 Å². The molecule has 0 bridgehead atoms. The molecule has 0 saturated heterocycles. The molecule has 0 aromatic rings. The van der Waals surface area contributed by atoms with E-state index in [2.05, 4.69) is 20.8 Å². The van der Waals surface area contributed by atoms with Crippen molar-refractivity contribution in [2.45, 2.75) is 90.8 Å². The van der Waals surface area contributed by atoms with E-state index < -0.39 is 5.97 Å². The summed E-state index contributed by atoms with van der Waals surface area (Å²) in [7, 11) is 0. The van der Waals surface area contributed by atoms with Crippen LogP contribution in [0.5, 0.6) is 0 Å². The maximum atomic E-state index is 11.4. The van der Waals surface area contributed by atoms with Crippen LogP contribution in [0.2, 0.25) is 0 Å². The van der Waals surface area contributed by atoms with Gasteiger partial charge in [-0.15, -0.1) is 0 Å². The van der Waals surface area contributed by atoms with Gasteiger partial charge in [0.05, 0.1) is 18.1 Å². The van der Waals surface area contributed by atoms with Gasteiger partial charge in [-0.25, -0.2) is 0 Å². The fraction of sp³-hybridized carbons (Fsp3) is 0.960. The number of hydrogen-bond acceptors (Lipinski definition) is 3. The number of fused-ring (bicyclic) bond motifs is 5. The van der Waals surface area contributed by atoms with Crippen LogP contribution < -0.4 is 0 Å². The number of rotatable bonds is 3. The zero-order valence-corrected chi connectivity index (χ0v) is 18.4. The second kappa shape index (κ2) is 6.69. The summed E-state index contributed by atoms with van der Waals surface area (Å²) in [4.78, 5) is 11.4. The standard InChI is InChI=1S/C25H40O4/c1-13(16-12-17(16)23(28)29)18-4-5-19-22-20(7-9-25(18,19)3)24(2)8-6-15(26)10-14(24)11-21(22)27/h13-22,26-27H,4-12H2,1-3H3,(H,28,29)/t13-,14+,15-,16+,17-,18-,19?,20?,21?,22?,24+,25-/m1/s1. The number of aliphatic carboxylic acids is 1. The Bertz CT molecular complexity index is 678. The van der Waals surface area contributed by atoms with E-state index in [1.165, 1.54) is 25.7 Å². The van der Waals surface area contributed by atoms with Gasteiger partial charge in [-0.3, -0.25) is 4.79 Å². The second-order valence-electron chi connectivity index (χ2n) is 12.2. The number of aliphatic hydroxyl groups excluding tert-OH is 2. The summed E-state index contributed by atoms with van der Waals surface area (Å²) in [6, 6.07) is 0. The normalized spacial score (nSPS) is 57.3. The Kier molecular flexibility index (Phi) is 4.68. The molecule has 0 radical (unpaired) electrons. The molecular formula is C25H40O4. The minimum Gasteiger partial charge on any atom is -0.481 e. The zero-order chi connectivity index (χ0) is 20.7. The lowest BCUT2D eigenvalue weighted by Gasteiger charge is -2.62. The summed E-state index contributed by atoms with van der Waals surface area (Å²) >= 11 is 0. The Morgan fingerprint density at radius 3 is 2.31 bits per heavy atom. The maximum Gasteiger partial charge on any atom is 0.306 e. The molecule has 4 unspecified atom stereocenters. The molecule has 0 aromatic heterocycles. The fourth-order valence-electron chi connectivity index (χ4n) is 9.48. The van der Waals surface area contributed by atoms with Crippen molar-refractivity contribution in [1.29, 1.82) is 0 Å². The van der Waals surface area contributed by atoms with Crippen molar-refractivity contribution in [3.63, 3.8) is 0 Å². The first-order chi connectivity index (χ1) is 13.7. The minimum atomic E-state index is -0.605. The molecule has 5 aliphatic rings. The maximum absolute atomic E-state index is 11.4. The minimum absolute atomic E-state index is 0.113. The molecule has 164 valence electrons. The highest BCUT2D eigenvalue weighted by Gasteiger charge is 2.64. The highest BCUT2D eigenvalue weighted by Crippen LogP contribution is 2.69. The van der Waals surface area contributed by atoms with Gasteiger partial charge in [0.15, 0.2) is 0 Å². The van der Waals surface area contributed by atoms with Gasteiger partial charge in [-0.1, -0.05) is 20.8 Å². The van der Waals surface area contributed by atoms with Gasteiger partial charge in [0.1, 0.15) is 0 Å². The Morgan fingerprint density at radius 2 is 1.62 bits per heavy atom. The van der Waals surface area contributed by atoms with Gasteiger partial charge in [-0.05, 0) is 110 Å². The third-order valence-corrected chi connectivity index (χ3v) is 11.2. The number of carboxylic acids is 1. The molecule has 5 fully saturated rings. The van der Waals surface area contributed by atoms with E-state index in [0.29, 0.717) is 41.4 Å². The summed E-state index contributed by atoms with van der Waals surface area (Å²) in [6.45, 7) is 7.26. The third kappa shape index (κ3) is 2.87. The van der Waals surface area contributed by atoms with Crippen LogP contribution in [0.4, 0.5) is 0 Å². The topological polar surface area (TPSA) is 77.8 Å². The Hall–Kier alpha value is -0.610. The van der Waals surface area contributed by atoms with E-state index in [4.69, 9.17) is 0 Å². The molecule has 0 aliphatic heterocycles. The molecule has 5 saturated carbocycles. The van der Waals surface area contributed by atoms with E-state index in [-0.39, 0.29) is 29.0 Å². The van der Waals surface area contributed by atoms with Crippen LogP contribution in [0.15, 0.2) is 0 Å². The smallest absolute Gasteiger partial charge is 0.306 e. The number of hydrogen-bond donors (Lipinski definition) is 3. The quantitative estimate of drug-likeness (QED) is 0.654.